The van der Waals surface area contributed by atoms with Crippen molar-refractivity contribution in [2.24, 2.45) is 0 Å². The molecule has 0 aliphatic rings. The van der Waals surface area contributed by atoms with Gasteiger partial charge in [0.25, 0.3) is 0 Å². The van der Waals surface area contributed by atoms with E-state index in [0.717, 1.165) is 6.42 Å². The number of aryl methyl sites for hydroxylation is 1. The van der Waals surface area contributed by atoms with Gasteiger partial charge in [0.05, 0.1) is 0 Å². The highest BCUT2D eigenvalue weighted by atomic mass is 14.1. The Bertz CT molecular complexity index is 897. The molecule has 0 nitrogen and oxygen atoms in total. The van der Waals surface area contributed by atoms with Crippen LogP contribution in [-0.2, 0) is 6.42 Å². The van der Waals surface area contributed by atoms with Gasteiger partial charge in [-0.15, -0.1) is 0 Å². The third-order valence-electron chi connectivity index (χ3n) is 4.22. The molecule has 0 saturated heterocycles. The van der Waals surface area contributed by atoms with Gasteiger partial charge in [-0.05, 0) is 44.3 Å². The average Bonchev–Trinajstić information content (AvgIpc) is 2.54. The summed E-state index contributed by atoms with van der Waals surface area (Å²) in [6, 6.07) is 24.3. The molecule has 104 valence electrons. The molecule has 0 radical (unpaired) electrons. The maximum atomic E-state index is 2.35. The topological polar surface area (TPSA) is 0 Å². The minimum absolute atomic E-state index is 0. The van der Waals surface area contributed by atoms with E-state index in [1.54, 1.807) is 0 Å². The van der Waals surface area contributed by atoms with Crippen LogP contribution in [0.15, 0.2) is 66.7 Å². The van der Waals surface area contributed by atoms with E-state index in [-0.39, 0.29) is 7.43 Å². The quantitative estimate of drug-likeness (QED) is 0.354. The fourth-order valence-electron chi connectivity index (χ4n) is 3.17. The van der Waals surface area contributed by atoms with Crippen LogP contribution in [0, 0.1) is 0 Å². The molecular weight excluding hydrogens is 252 g/mol. The molecule has 0 heterocycles. The van der Waals surface area contributed by atoms with Crippen LogP contribution in [0.4, 0.5) is 0 Å². The summed E-state index contributed by atoms with van der Waals surface area (Å²) in [5, 5.41) is 8.14. The third-order valence-corrected chi connectivity index (χ3v) is 4.22. The largest absolute Gasteiger partial charge is 0.0776 e. The molecule has 0 saturated carbocycles. The van der Waals surface area contributed by atoms with Crippen molar-refractivity contribution in [3.63, 3.8) is 0 Å². The Morgan fingerprint density at radius 1 is 0.571 bits per heavy atom. The van der Waals surface area contributed by atoms with Crippen LogP contribution in [-0.4, -0.2) is 0 Å². The zero-order valence-electron chi connectivity index (χ0n) is 11.6. The van der Waals surface area contributed by atoms with Crippen LogP contribution < -0.4 is 0 Å². The van der Waals surface area contributed by atoms with Crippen molar-refractivity contribution in [1.82, 2.24) is 0 Å². The van der Waals surface area contributed by atoms with Crippen LogP contribution in [0.25, 0.3) is 32.3 Å². The summed E-state index contributed by atoms with van der Waals surface area (Å²) >= 11 is 0. The Morgan fingerprint density at radius 3 is 1.48 bits per heavy atom. The summed E-state index contributed by atoms with van der Waals surface area (Å²) < 4.78 is 0. The molecule has 4 aromatic carbocycles. The smallest absolute Gasteiger partial charge is 0.00962 e. The minimum Gasteiger partial charge on any atom is -0.0776 e. The Morgan fingerprint density at radius 2 is 1.00 bits per heavy atom. The van der Waals surface area contributed by atoms with Crippen molar-refractivity contribution in [2.75, 3.05) is 0 Å². The number of fused-ring (bicyclic) bond motifs is 6. The first-order valence-corrected chi connectivity index (χ1v) is 7.20. The van der Waals surface area contributed by atoms with Crippen LogP contribution in [0.5, 0.6) is 0 Å². The molecule has 21 heavy (non-hydrogen) atoms. The van der Waals surface area contributed by atoms with E-state index in [9.17, 15) is 0 Å². The van der Waals surface area contributed by atoms with E-state index in [1.807, 2.05) is 0 Å². The fourth-order valence-corrected chi connectivity index (χ4v) is 3.17. The summed E-state index contributed by atoms with van der Waals surface area (Å²) in [5.41, 5.74) is 1.40. The summed E-state index contributed by atoms with van der Waals surface area (Å²) in [6.45, 7) is 2.21. The first kappa shape index (κ1) is 13.6. The summed E-state index contributed by atoms with van der Waals surface area (Å²) in [7, 11) is 0. The Hall–Kier alpha value is -2.34. The van der Waals surface area contributed by atoms with Gasteiger partial charge >= 0.3 is 0 Å². The summed E-state index contributed by atoms with van der Waals surface area (Å²) in [4.78, 5) is 0. The van der Waals surface area contributed by atoms with E-state index >= 15 is 0 Å². The number of hydrogen-bond acceptors (Lipinski definition) is 0. The Labute approximate surface area is 126 Å². The molecule has 0 atom stereocenters. The van der Waals surface area contributed by atoms with Crippen molar-refractivity contribution in [1.29, 1.82) is 0 Å². The third kappa shape index (κ3) is 1.99. The van der Waals surface area contributed by atoms with E-state index in [2.05, 4.69) is 73.7 Å². The zero-order chi connectivity index (χ0) is 13.5. The molecule has 0 aliphatic heterocycles. The molecule has 4 aromatic rings. The number of hydrogen-bond donors (Lipinski definition) is 0. The Balaban J connectivity index is 0.00000132. The second kappa shape index (κ2) is 5.21. The molecule has 0 spiro atoms. The minimum atomic E-state index is 0. The SMILES string of the molecule is C.CCc1ccc2c3ccccc3c3ccccc3c2c1. The van der Waals surface area contributed by atoms with Crippen LogP contribution in [0.2, 0.25) is 0 Å². The molecule has 0 heteroatoms. The molecule has 0 bridgehead atoms. The predicted molar refractivity (Wildman–Crippen MR) is 95.1 cm³/mol. The highest BCUT2D eigenvalue weighted by molar-refractivity contribution is 6.25. The fraction of sp³-hybridized carbons (Fsp3) is 0.143. The first-order chi connectivity index (χ1) is 9.88. The number of rotatable bonds is 1. The van der Waals surface area contributed by atoms with Gasteiger partial charge in [-0.2, -0.15) is 0 Å². The molecule has 0 fully saturated rings. The summed E-state index contributed by atoms with van der Waals surface area (Å²) in [5.74, 6) is 0. The predicted octanol–water partition coefficient (Wildman–Crippen LogP) is 6.34. The first-order valence-electron chi connectivity index (χ1n) is 7.20. The van der Waals surface area contributed by atoms with Gasteiger partial charge in [0.15, 0.2) is 0 Å². The van der Waals surface area contributed by atoms with Gasteiger partial charge in [-0.1, -0.05) is 81.1 Å². The molecule has 4 rings (SSSR count). The lowest BCUT2D eigenvalue weighted by molar-refractivity contribution is 1.15. The van der Waals surface area contributed by atoms with Crippen molar-refractivity contribution in [3.05, 3.63) is 72.3 Å². The van der Waals surface area contributed by atoms with Gasteiger partial charge in [0.1, 0.15) is 0 Å². The molecule has 0 aromatic heterocycles. The van der Waals surface area contributed by atoms with Crippen molar-refractivity contribution >= 4 is 32.3 Å². The van der Waals surface area contributed by atoms with E-state index in [0.29, 0.717) is 0 Å². The average molecular weight is 272 g/mol. The monoisotopic (exact) mass is 272 g/mol. The molecule has 0 N–H and O–H groups in total. The lowest BCUT2D eigenvalue weighted by Gasteiger charge is -2.11. The van der Waals surface area contributed by atoms with Gasteiger partial charge in [-0.3, -0.25) is 0 Å². The van der Waals surface area contributed by atoms with Gasteiger partial charge in [0, 0.05) is 0 Å². The van der Waals surface area contributed by atoms with Gasteiger partial charge < -0.3 is 0 Å². The standard InChI is InChI=1S/C20H16.CH4/c1-2-14-11-12-19-17-9-4-3-7-15(17)16-8-5-6-10-18(16)20(19)13-14;/h3-13H,2H2,1H3;1H4. The molecular formula is C21H20. The van der Waals surface area contributed by atoms with Gasteiger partial charge in [0.2, 0.25) is 0 Å². The number of benzene rings is 4. The second-order valence-electron chi connectivity index (χ2n) is 5.32. The lowest BCUT2D eigenvalue weighted by atomic mass is 9.93. The maximum Gasteiger partial charge on any atom is -0.00962 e. The normalized spacial score (nSPS) is 10.9. The van der Waals surface area contributed by atoms with Gasteiger partial charge in [-0.25, -0.2) is 0 Å². The van der Waals surface area contributed by atoms with Crippen LogP contribution >= 0.6 is 0 Å². The van der Waals surface area contributed by atoms with E-state index in [1.165, 1.54) is 37.9 Å². The molecule has 0 amide bonds. The second-order valence-corrected chi connectivity index (χ2v) is 5.32. The molecule has 0 aliphatic carbocycles. The van der Waals surface area contributed by atoms with E-state index < -0.39 is 0 Å². The zero-order valence-corrected chi connectivity index (χ0v) is 11.6. The van der Waals surface area contributed by atoms with Crippen LogP contribution in [0.1, 0.15) is 19.9 Å². The highest BCUT2D eigenvalue weighted by Gasteiger charge is 2.07. The van der Waals surface area contributed by atoms with Crippen LogP contribution in [0.3, 0.4) is 0 Å². The van der Waals surface area contributed by atoms with Crippen molar-refractivity contribution in [3.8, 4) is 0 Å². The van der Waals surface area contributed by atoms with Crippen molar-refractivity contribution in [2.45, 2.75) is 20.8 Å². The lowest BCUT2D eigenvalue weighted by Crippen LogP contribution is -1.85. The summed E-state index contributed by atoms with van der Waals surface area (Å²) in [6.07, 6.45) is 1.08. The molecule has 0 unspecified atom stereocenters. The highest BCUT2D eigenvalue weighted by Crippen LogP contribution is 2.35. The maximum absolute atomic E-state index is 2.35. The Kier molecular flexibility index (Phi) is 3.39. The van der Waals surface area contributed by atoms with Crippen molar-refractivity contribution < 1.29 is 0 Å². The van der Waals surface area contributed by atoms with E-state index in [4.69, 9.17) is 0 Å².